The van der Waals surface area contributed by atoms with Crippen LogP contribution in [0.4, 0.5) is 9.93 Å². The first kappa shape index (κ1) is 28.6. The molecule has 1 aliphatic heterocycles. The zero-order valence-corrected chi connectivity index (χ0v) is 22.1. The highest BCUT2D eigenvalue weighted by atomic mass is 32.1. The van der Waals surface area contributed by atoms with E-state index < -0.39 is 15.6 Å². The van der Waals surface area contributed by atoms with Crippen molar-refractivity contribution in [2.75, 3.05) is 18.4 Å². The Morgan fingerprint density at radius 3 is 2.15 bits per heavy atom. The topological polar surface area (TPSA) is 106 Å². The second-order valence-electron chi connectivity index (χ2n) is 9.97. The summed E-state index contributed by atoms with van der Waals surface area (Å²) < 4.78 is 0. The first-order valence-corrected chi connectivity index (χ1v) is 12.8. The van der Waals surface area contributed by atoms with Crippen molar-refractivity contribution in [2.45, 2.75) is 30.0 Å². The number of hydrogen-bond donors (Lipinski definition) is 1. The molecule has 14 heteroatoms. The third-order valence-electron chi connectivity index (χ3n) is 6.51. The van der Waals surface area contributed by atoms with E-state index in [1.54, 1.807) is 41.3 Å². The maximum absolute atomic E-state index is 13.1. The Balaban J connectivity index is 1.79. The highest BCUT2D eigenvalue weighted by Gasteiger charge is 2.32. The number of benzene rings is 1. The molecule has 178 valence electrons. The number of piperidine rings is 1. The molecule has 2 aromatic heterocycles. The molecular weight excluding hydrogens is 497 g/mol. The van der Waals surface area contributed by atoms with E-state index in [1.165, 1.54) is 11.3 Å². The number of rotatable bonds is 5. The summed E-state index contributed by atoms with van der Waals surface area (Å²) in [6, 6.07) is 14.1. The average Bonchev–Trinajstić information content (AvgIpc) is 3.31. The van der Waals surface area contributed by atoms with Crippen molar-refractivity contribution in [1.29, 1.82) is 10.5 Å². The molecule has 1 aliphatic rings. The molecule has 2 amide bonds. The lowest BCUT2D eigenvalue weighted by molar-refractivity contribution is 0.166. The normalized spacial score (nSPS) is 15.2. The lowest BCUT2D eigenvalue weighted by Gasteiger charge is -2.34. The number of anilines is 1. The van der Waals surface area contributed by atoms with Crippen LogP contribution in [0.15, 0.2) is 36.4 Å². The SMILES string of the molecule is [B]C([B])([B])c1cc(-c2sc(NC(=O)N3CCC(C)(C#N)CC3)nc2-c2cccc(C#N)c2)cc(C([B])([B])[B])n1. The van der Waals surface area contributed by atoms with Gasteiger partial charge in [0.15, 0.2) is 5.13 Å². The molecule has 1 fully saturated rings. The number of carbonyl (C=O) groups is 1. The van der Waals surface area contributed by atoms with Crippen LogP contribution in [0, 0.1) is 28.1 Å². The van der Waals surface area contributed by atoms with E-state index in [-0.39, 0.29) is 17.4 Å². The highest BCUT2D eigenvalue weighted by molar-refractivity contribution is 7.19. The van der Waals surface area contributed by atoms with E-state index in [0.29, 0.717) is 58.3 Å². The number of amides is 2. The quantitative estimate of drug-likeness (QED) is 0.525. The standard InChI is InChI=1S/C25H18B6N6OS/c1-23(13-33)5-7-37(8-6-23)22(38)36-21-35-19(15-4-2-3-14(9-15)12-32)20(39-21)16-10-17(24(26,27)28)34-18(11-16)25(29,30)31/h2-4,9-11H,5-8H2,1H3,(H,35,36,38). The third-order valence-corrected chi connectivity index (χ3v) is 7.52. The van der Waals surface area contributed by atoms with Crippen LogP contribution in [0.5, 0.6) is 0 Å². The lowest BCUT2D eigenvalue weighted by atomic mass is 9.40. The molecule has 12 radical (unpaired) electrons. The van der Waals surface area contributed by atoms with Gasteiger partial charge in [-0.3, -0.25) is 10.3 Å². The molecule has 1 N–H and O–H groups in total. The summed E-state index contributed by atoms with van der Waals surface area (Å²) in [5, 5.41) is 18.3. The summed E-state index contributed by atoms with van der Waals surface area (Å²) in [6.45, 7) is 2.78. The molecule has 1 aromatic carbocycles. The Morgan fingerprint density at radius 2 is 1.62 bits per heavy atom. The van der Waals surface area contributed by atoms with E-state index >= 15 is 0 Å². The van der Waals surface area contributed by atoms with E-state index in [9.17, 15) is 15.3 Å². The summed E-state index contributed by atoms with van der Waals surface area (Å²) in [7, 11) is 35.6. The third kappa shape index (κ3) is 6.45. The van der Waals surface area contributed by atoms with Crippen molar-refractivity contribution in [2.24, 2.45) is 5.41 Å². The van der Waals surface area contributed by atoms with Crippen LogP contribution in [-0.2, 0) is 10.2 Å². The van der Waals surface area contributed by atoms with E-state index in [0.717, 1.165) is 0 Å². The Hall–Kier alpha value is -3.36. The van der Waals surface area contributed by atoms with Gasteiger partial charge in [-0.15, -0.1) is 0 Å². The van der Waals surface area contributed by atoms with Gasteiger partial charge in [-0.1, -0.05) is 33.7 Å². The summed E-state index contributed by atoms with van der Waals surface area (Å²) in [5.41, 5.74) is 1.73. The number of aromatic nitrogens is 2. The number of nitriles is 2. The Bertz CT molecular complexity index is 1460. The Kier molecular flexibility index (Phi) is 7.83. The van der Waals surface area contributed by atoms with Crippen molar-refractivity contribution in [1.82, 2.24) is 14.9 Å². The van der Waals surface area contributed by atoms with Gasteiger partial charge in [0.05, 0.1) is 80.8 Å². The van der Waals surface area contributed by atoms with E-state index in [2.05, 4.69) is 27.4 Å². The monoisotopic (exact) mass is 516 g/mol. The van der Waals surface area contributed by atoms with Gasteiger partial charge in [0.2, 0.25) is 0 Å². The Morgan fingerprint density at radius 1 is 1.00 bits per heavy atom. The zero-order chi connectivity index (χ0) is 28.6. The molecule has 0 spiro atoms. The average molecular weight is 515 g/mol. The van der Waals surface area contributed by atoms with Crippen LogP contribution in [0.3, 0.4) is 0 Å². The summed E-state index contributed by atoms with van der Waals surface area (Å²) in [5.74, 6) is 0. The van der Waals surface area contributed by atoms with Gasteiger partial charge in [-0.25, -0.2) is 9.78 Å². The number of likely N-dealkylation sites (tertiary alicyclic amines) is 1. The van der Waals surface area contributed by atoms with Gasteiger partial charge in [0.25, 0.3) is 0 Å². The highest BCUT2D eigenvalue weighted by Crippen LogP contribution is 2.41. The minimum absolute atomic E-state index is 0.0743. The maximum atomic E-state index is 13.1. The molecule has 1 saturated heterocycles. The molecule has 3 heterocycles. The van der Waals surface area contributed by atoms with Gasteiger partial charge < -0.3 is 4.90 Å². The van der Waals surface area contributed by atoms with Crippen molar-refractivity contribution >= 4 is 69.6 Å². The molecule has 39 heavy (non-hydrogen) atoms. The summed E-state index contributed by atoms with van der Waals surface area (Å²) >= 11 is 1.18. The maximum Gasteiger partial charge on any atom is 0.323 e. The molecule has 0 saturated carbocycles. The molecular formula is C25H18B6N6OS. The largest absolute Gasteiger partial charge is 0.324 e. The fourth-order valence-corrected chi connectivity index (χ4v) is 5.06. The van der Waals surface area contributed by atoms with Gasteiger partial charge in [-0.2, -0.15) is 10.5 Å². The van der Waals surface area contributed by atoms with Gasteiger partial charge in [-0.05, 0) is 49.6 Å². The number of urea groups is 1. The predicted octanol–water partition coefficient (Wildman–Crippen LogP) is 2.13. The van der Waals surface area contributed by atoms with Crippen LogP contribution in [-0.4, -0.2) is 81.1 Å². The number of carbonyl (C=O) groups excluding carboxylic acids is 1. The van der Waals surface area contributed by atoms with Gasteiger partial charge in [0.1, 0.15) is 0 Å². The van der Waals surface area contributed by atoms with Crippen LogP contribution in [0.2, 0.25) is 0 Å². The molecule has 0 aliphatic carbocycles. The molecule has 4 rings (SSSR count). The number of nitrogens with zero attached hydrogens (tertiary/aromatic N) is 5. The van der Waals surface area contributed by atoms with Crippen LogP contribution >= 0.6 is 11.3 Å². The molecule has 0 atom stereocenters. The number of thiazole rings is 1. The van der Waals surface area contributed by atoms with Crippen molar-refractivity contribution in [3.8, 4) is 33.8 Å². The predicted molar refractivity (Wildman–Crippen MR) is 157 cm³/mol. The molecule has 7 nitrogen and oxygen atoms in total. The van der Waals surface area contributed by atoms with Crippen molar-refractivity contribution in [3.63, 3.8) is 0 Å². The molecule has 0 unspecified atom stereocenters. The lowest BCUT2D eigenvalue weighted by Crippen LogP contribution is -2.43. The smallest absolute Gasteiger partial charge is 0.323 e. The second-order valence-corrected chi connectivity index (χ2v) is 11.0. The second kappa shape index (κ2) is 10.7. The van der Waals surface area contributed by atoms with Crippen LogP contribution < -0.4 is 5.32 Å². The summed E-state index contributed by atoms with van der Waals surface area (Å²) in [6.07, 6.45) is 1.15. The Labute approximate surface area is 240 Å². The number of pyridine rings is 1. The minimum Gasteiger partial charge on any atom is -0.324 e. The first-order chi connectivity index (χ1) is 18.2. The van der Waals surface area contributed by atoms with Crippen molar-refractivity contribution in [3.05, 3.63) is 53.3 Å². The summed E-state index contributed by atoms with van der Waals surface area (Å²) in [4.78, 5) is 24.2. The van der Waals surface area contributed by atoms with Crippen LogP contribution in [0.25, 0.3) is 21.7 Å². The van der Waals surface area contributed by atoms with Gasteiger partial charge in [0, 0.05) is 30.0 Å². The molecule has 0 bridgehead atoms. The minimum atomic E-state index is -1.83. The van der Waals surface area contributed by atoms with Gasteiger partial charge >= 0.3 is 6.03 Å². The number of nitrogens with one attached hydrogen (secondary N) is 1. The fourth-order valence-electron chi connectivity index (χ4n) is 4.09. The fraction of sp³-hybridized carbons (Fsp3) is 0.320. The van der Waals surface area contributed by atoms with E-state index in [4.69, 9.17) is 47.1 Å². The zero-order valence-electron chi connectivity index (χ0n) is 21.3. The van der Waals surface area contributed by atoms with E-state index in [1.807, 2.05) is 6.92 Å². The first-order valence-electron chi connectivity index (χ1n) is 12.0. The van der Waals surface area contributed by atoms with Crippen molar-refractivity contribution < 1.29 is 4.79 Å². The van der Waals surface area contributed by atoms with Crippen LogP contribution in [0.1, 0.15) is 36.7 Å². The molecule has 3 aromatic rings. The number of hydrogen-bond acceptors (Lipinski definition) is 6.